The lowest BCUT2D eigenvalue weighted by Crippen LogP contribution is -2.50. The Bertz CT molecular complexity index is 480. The first-order chi connectivity index (χ1) is 12.4. The number of unbranched alkanes of at least 4 members (excludes halogenated alkanes) is 1. The molecule has 0 spiro atoms. The van der Waals surface area contributed by atoms with Gasteiger partial charge in [-0.25, -0.2) is 4.79 Å². The summed E-state index contributed by atoms with van der Waals surface area (Å²) in [4.78, 5) is 12.3. The monoisotopic (exact) mass is 380 g/mol. The van der Waals surface area contributed by atoms with Crippen LogP contribution in [0.2, 0.25) is 0 Å². The van der Waals surface area contributed by atoms with E-state index in [1.807, 2.05) is 6.92 Å². The molecule has 0 aliphatic carbocycles. The molecule has 0 fully saturated rings. The summed E-state index contributed by atoms with van der Waals surface area (Å²) in [7, 11) is 0. The molecular formula is C16H28O10. The largest absolute Gasteiger partial charge is 0.490 e. The molecule has 1 heterocycles. The Hall–Kier alpha value is -1.43. The molecular weight excluding hydrogens is 352 g/mol. The van der Waals surface area contributed by atoms with E-state index in [1.165, 1.54) is 0 Å². The van der Waals surface area contributed by atoms with Crippen molar-refractivity contribution in [1.82, 2.24) is 0 Å². The van der Waals surface area contributed by atoms with E-state index in [9.17, 15) is 25.2 Å². The molecule has 2 unspecified atom stereocenters. The normalized spacial score (nSPS) is 23.6. The maximum absolute atomic E-state index is 12.3. The van der Waals surface area contributed by atoms with Crippen LogP contribution in [0.25, 0.3) is 0 Å². The number of carbonyl (C=O) groups is 1. The van der Waals surface area contributed by atoms with Crippen molar-refractivity contribution in [3.05, 3.63) is 11.5 Å². The van der Waals surface area contributed by atoms with Crippen LogP contribution in [0, 0.1) is 0 Å². The van der Waals surface area contributed by atoms with Gasteiger partial charge in [0.2, 0.25) is 11.4 Å². The van der Waals surface area contributed by atoms with Crippen LogP contribution in [-0.2, 0) is 19.0 Å². The van der Waals surface area contributed by atoms with Crippen molar-refractivity contribution in [2.45, 2.75) is 50.1 Å². The van der Waals surface area contributed by atoms with Crippen molar-refractivity contribution in [3.63, 3.8) is 0 Å². The maximum atomic E-state index is 12.3. The number of cyclic esters (lactones) is 1. The standard InChI is InChI=1S/C16H28O10/c1-2-3-4-24-14-13(25-9-11(21)7-18)15(23)26-16(14,12(22)8-19)5-10(20)6-17/h10-12,17-22H,2-9H2,1H3/t10?,11?,12-,16+/m0/s1. The Balaban J connectivity index is 3.25. The van der Waals surface area contributed by atoms with Crippen molar-refractivity contribution in [3.8, 4) is 0 Å². The maximum Gasteiger partial charge on any atom is 0.378 e. The quantitative estimate of drug-likeness (QED) is 0.152. The highest BCUT2D eigenvalue weighted by molar-refractivity contribution is 5.90. The molecule has 4 atom stereocenters. The van der Waals surface area contributed by atoms with Gasteiger partial charge in [-0.1, -0.05) is 13.3 Å². The Labute approximate surface area is 151 Å². The molecule has 1 aliphatic heterocycles. The summed E-state index contributed by atoms with van der Waals surface area (Å²) in [5, 5.41) is 56.9. The van der Waals surface area contributed by atoms with Crippen molar-refractivity contribution < 1.29 is 49.6 Å². The molecule has 1 aliphatic rings. The minimum absolute atomic E-state index is 0.146. The third-order valence-electron chi connectivity index (χ3n) is 3.89. The molecule has 0 saturated heterocycles. The molecule has 1 rings (SSSR count). The average Bonchev–Trinajstić information content (AvgIpc) is 2.90. The lowest BCUT2D eigenvalue weighted by molar-refractivity contribution is -0.171. The summed E-state index contributed by atoms with van der Waals surface area (Å²) < 4.78 is 16.0. The molecule has 0 aromatic carbocycles. The van der Waals surface area contributed by atoms with E-state index in [-0.39, 0.29) is 12.4 Å². The molecule has 0 amide bonds. The van der Waals surface area contributed by atoms with Gasteiger partial charge < -0.3 is 44.8 Å². The first kappa shape index (κ1) is 22.6. The van der Waals surface area contributed by atoms with Gasteiger partial charge in [0, 0.05) is 6.42 Å². The SMILES string of the molecule is CCCCOC1=C(OCC(O)CO)C(=O)O[C@]1(CC(O)CO)[C@@H](O)CO. The number of esters is 1. The molecule has 6 N–H and O–H groups in total. The Morgan fingerprint density at radius 1 is 1.04 bits per heavy atom. The Morgan fingerprint density at radius 3 is 2.23 bits per heavy atom. The lowest BCUT2D eigenvalue weighted by Gasteiger charge is -2.34. The molecule has 0 bridgehead atoms. The molecule has 0 radical (unpaired) electrons. The first-order valence-electron chi connectivity index (χ1n) is 8.46. The highest BCUT2D eigenvalue weighted by Gasteiger charge is 2.56. The summed E-state index contributed by atoms with van der Waals surface area (Å²) >= 11 is 0. The van der Waals surface area contributed by atoms with E-state index in [4.69, 9.17) is 24.4 Å². The zero-order chi connectivity index (χ0) is 19.7. The van der Waals surface area contributed by atoms with Crippen LogP contribution >= 0.6 is 0 Å². The number of hydrogen-bond acceptors (Lipinski definition) is 10. The molecule has 0 aromatic rings. The summed E-state index contributed by atoms with van der Waals surface area (Å²) in [5.74, 6) is -1.67. The van der Waals surface area contributed by atoms with E-state index < -0.39 is 68.5 Å². The zero-order valence-electron chi connectivity index (χ0n) is 14.7. The smallest absolute Gasteiger partial charge is 0.378 e. The second-order valence-corrected chi connectivity index (χ2v) is 6.03. The number of aliphatic hydroxyl groups excluding tert-OH is 6. The first-order valence-corrected chi connectivity index (χ1v) is 8.46. The van der Waals surface area contributed by atoms with Gasteiger partial charge in [-0.3, -0.25) is 0 Å². The third kappa shape index (κ3) is 5.29. The molecule has 10 heteroatoms. The second kappa shape index (κ2) is 10.7. The molecule has 10 nitrogen and oxygen atoms in total. The second-order valence-electron chi connectivity index (χ2n) is 6.03. The van der Waals surface area contributed by atoms with E-state index in [0.717, 1.165) is 6.42 Å². The summed E-state index contributed by atoms with van der Waals surface area (Å²) in [6.45, 7) is -0.448. The van der Waals surface area contributed by atoms with Crippen molar-refractivity contribution >= 4 is 5.97 Å². The predicted octanol–water partition coefficient (Wildman–Crippen LogP) is -2.22. The molecule has 0 aromatic heterocycles. The van der Waals surface area contributed by atoms with E-state index in [0.29, 0.717) is 6.42 Å². The number of carbonyl (C=O) groups excluding carboxylic acids is 1. The van der Waals surface area contributed by atoms with Gasteiger partial charge >= 0.3 is 5.97 Å². The fraction of sp³-hybridized carbons (Fsp3) is 0.812. The van der Waals surface area contributed by atoms with Gasteiger partial charge in [0.1, 0.15) is 18.8 Å². The molecule has 26 heavy (non-hydrogen) atoms. The van der Waals surface area contributed by atoms with Crippen LogP contribution in [0.4, 0.5) is 0 Å². The predicted molar refractivity (Wildman–Crippen MR) is 86.6 cm³/mol. The lowest BCUT2D eigenvalue weighted by atomic mass is 9.88. The summed E-state index contributed by atoms with van der Waals surface area (Å²) in [5.41, 5.74) is -1.94. The number of aliphatic hydroxyl groups is 6. The number of rotatable bonds is 13. The van der Waals surface area contributed by atoms with Crippen LogP contribution in [0.5, 0.6) is 0 Å². The Kier molecular flexibility index (Phi) is 9.27. The van der Waals surface area contributed by atoms with Crippen molar-refractivity contribution in [2.75, 3.05) is 33.0 Å². The van der Waals surface area contributed by atoms with Crippen molar-refractivity contribution in [2.24, 2.45) is 0 Å². The van der Waals surface area contributed by atoms with E-state index in [2.05, 4.69) is 0 Å². The minimum Gasteiger partial charge on any atom is -0.490 e. The van der Waals surface area contributed by atoms with Crippen LogP contribution in [-0.4, -0.2) is 93.6 Å². The van der Waals surface area contributed by atoms with Crippen LogP contribution in [0.1, 0.15) is 26.2 Å². The van der Waals surface area contributed by atoms with Gasteiger partial charge in [-0.2, -0.15) is 0 Å². The van der Waals surface area contributed by atoms with Crippen LogP contribution in [0.3, 0.4) is 0 Å². The highest BCUT2D eigenvalue weighted by atomic mass is 16.6. The van der Waals surface area contributed by atoms with Gasteiger partial charge in [0.15, 0.2) is 5.76 Å². The molecule has 0 saturated carbocycles. The third-order valence-corrected chi connectivity index (χ3v) is 3.89. The fourth-order valence-electron chi connectivity index (χ4n) is 2.46. The fourth-order valence-corrected chi connectivity index (χ4v) is 2.46. The topological polar surface area (TPSA) is 166 Å². The number of hydrogen-bond donors (Lipinski definition) is 6. The van der Waals surface area contributed by atoms with E-state index >= 15 is 0 Å². The summed E-state index contributed by atoms with van der Waals surface area (Å²) in [6, 6.07) is 0. The highest BCUT2D eigenvalue weighted by Crippen LogP contribution is 2.41. The zero-order valence-corrected chi connectivity index (χ0v) is 14.7. The van der Waals surface area contributed by atoms with Gasteiger partial charge in [-0.15, -0.1) is 0 Å². The average molecular weight is 380 g/mol. The van der Waals surface area contributed by atoms with Gasteiger partial charge in [0.25, 0.3) is 0 Å². The van der Waals surface area contributed by atoms with Crippen LogP contribution < -0.4 is 0 Å². The van der Waals surface area contributed by atoms with Gasteiger partial charge in [0.05, 0.1) is 32.5 Å². The Morgan fingerprint density at radius 2 is 1.69 bits per heavy atom. The van der Waals surface area contributed by atoms with E-state index in [1.54, 1.807) is 0 Å². The van der Waals surface area contributed by atoms with Gasteiger partial charge in [-0.05, 0) is 6.42 Å². The van der Waals surface area contributed by atoms with Crippen LogP contribution in [0.15, 0.2) is 11.5 Å². The number of ether oxygens (including phenoxy) is 3. The molecule has 152 valence electrons. The van der Waals surface area contributed by atoms with Crippen molar-refractivity contribution in [1.29, 1.82) is 0 Å². The summed E-state index contributed by atoms with van der Waals surface area (Å²) in [6.07, 6.45) is -3.32. The minimum atomic E-state index is -1.94.